The van der Waals surface area contributed by atoms with Crippen molar-refractivity contribution in [1.29, 1.82) is 0 Å². The largest absolute Gasteiger partial charge is 0.491 e. The molecule has 0 heterocycles. The Bertz CT molecular complexity index is 1120. The van der Waals surface area contributed by atoms with Crippen LogP contribution < -0.4 is 10.1 Å². The van der Waals surface area contributed by atoms with E-state index < -0.39 is 17.6 Å². The monoisotopic (exact) mass is 464 g/mol. The zero-order valence-electron chi connectivity index (χ0n) is 17.3. The van der Waals surface area contributed by atoms with Crippen LogP contribution in [0.15, 0.2) is 93.8 Å². The van der Waals surface area contributed by atoms with E-state index in [1.807, 2.05) is 12.1 Å². The van der Waals surface area contributed by atoms with Crippen molar-refractivity contribution in [1.82, 2.24) is 0 Å². The second kappa shape index (κ2) is 12.2. The lowest BCUT2D eigenvalue weighted by Gasteiger charge is -2.06. The number of aliphatic hydroxyl groups is 1. The molecule has 0 radical (unpaired) electrons. The van der Waals surface area contributed by atoms with Crippen LogP contribution >= 0.6 is 11.8 Å². The van der Waals surface area contributed by atoms with Gasteiger partial charge in [0, 0.05) is 21.0 Å². The fourth-order valence-corrected chi connectivity index (χ4v) is 3.41. The molecule has 0 unspecified atom stereocenters. The first-order chi connectivity index (χ1) is 16.1. The van der Waals surface area contributed by atoms with Crippen LogP contribution in [0.4, 0.5) is 10.5 Å². The molecule has 0 aliphatic rings. The molecule has 33 heavy (non-hydrogen) atoms. The lowest BCUT2D eigenvalue weighted by atomic mass is 10.1. The van der Waals surface area contributed by atoms with Gasteiger partial charge in [0.05, 0.1) is 6.61 Å². The van der Waals surface area contributed by atoms with Gasteiger partial charge in [-0.25, -0.2) is 4.79 Å². The number of nitrogens with one attached hydrogen (secondary N) is 1. The molecule has 0 fully saturated rings. The maximum Gasteiger partial charge on any atom is 0.437 e. The predicted molar refractivity (Wildman–Crippen MR) is 124 cm³/mol. The van der Waals surface area contributed by atoms with Crippen LogP contribution in [0.25, 0.3) is 0 Å². The van der Waals surface area contributed by atoms with Crippen molar-refractivity contribution in [2.24, 2.45) is 5.16 Å². The van der Waals surface area contributed by atoms with E-state index >= 15 is 0 Å². The van der Waals surface area contributed by atoms with Crippen LogP contribution in [0.3, 0.4) is 0 Å². The van der Waals surface area contributed by atoms with E-state index in [4.69, 9.17) is 9.84 Å². The Balaban J connectivity index is 1.59. The van der Waals surface area contributed by atoms with Crippen molar-refractivity contribution >= 4 is 41.3 Å². The SMILES string of the molecule is O=C/C(=N\OC(=O)Nc1ccccc1)C(=O)c1ccc(Sc2ccc(OCCO)cc2)cc1. The number of oxime groups is 1. The second-order valence-corrected chi connectivity index (χ2v) is 7.61. The van der Waals surface area contributed by atoms with Crippen molar-refractivity contribution in [3.05, 3.63) is 84.4 Å². The second-order valence-electron chi connectivity index (χ2n) is 6.46. The molecule has 0 atom stereocenters. The maximum atomic E-state index is 12.5. The summed E-state index contributed by atoms with van der Waals surface area (Å²) in [5.74, 6) is -0.00543. The van der Waals surface area contributed by atoms with Gasteiger partial charge in [0.2, 0.25) is 5.78 Å². The van der Waals surface area contributed by atoms with E-state index in [-0.39, 0.29) is 25.1 Å². The molecule has 0 aliphatic heterocycles. The predicted octanol–water partition coefficient (Wildman–Crippen LogP) is 4.20. The van der Waals surface area contributed by atoms with Gasteiger partial charge in [-0.1, -0.05) is 35.1 Å². The molecular formula is C24H20N2O6S. The summed E-state index contributed by atoms with van der Waals surface area (Å²) < 4.78 is 5.33. The highest BCUT2D eigenvalue weighted by Crippen LogP contribution is 2.29. The van der Waals surface area contributed by atoms with Crippen molar-refractivity contribution in [2.45, 2.75) is 9.79 Å². The molecule has 0 bridgehead atoms. The van der Waals surface area contributed by atoms with Gasteiger partial charge < -0.3 is 9.84 Å². The van der Waals surface area contributed by atoms with Gasteiger partial charge in [0.25, 0.3) is 0 Å². The molecule has 0 spiro atoms. The molecule has 9 heteroatoms. The van der Waals surface area contributed by atoms with E-state index in [9.17, 15) is 14.4 Å². The van der Waals surface area contributed by atoms with Crippen LogP contribution in [-0.2, 0) is 9.63 Å². The molecule has 3 rings (SSSR count). The van der Waals surface area contributed by atoms with Crippen LogP contribution in [0.5, 0.6) is 5.75 Å². The van der Waals surface area contributed by atoms with Crippen LogP contribution in [0.2, 0.25) is 0 Å². The standard InChI is InChI=1S/C24H20N2O6S/c27-14-15-31-19-8-12-21(13-9-19)33-20-10-6-17(7-11-20)23(29)22(16-28)26-32-24(30)25-18-4-2-1-3-5-18/h1-13,16,27H,14-15H2,(H,25,30)/b26-22+. The molecule has 8 nitrogen and oxygen atoms in total. The third kappa shape index (κ3) is 7.30. The number of Topliss-reactive ketones (excluding diaryl/α,β-unsaturated/α-hetero) is 1. The Morgan fingerprint density at radius 3 is 2.18 bits per heavy atom. The quantitative estimate of drug-likeness (QED) is 0.115. The minimum atomic E-state index is -0.923. The van der Waals surface area contributed by atoms with Crippen molar-refractivity contribution in [2.75, 3.05) is 18.5 Å². The van der Waals surface area contributed by atoms with Gasteiger partial charge in [-0.2, -0.15) is 0 Å². The topological polar surface area (TPSA) is 114 Å². The molecule has 1 amide bonds. The first kappa shape index (κ1) is 23.7. The van der Waals surface area contributed by atoms with Gasteiger partial charge >= 0.3 is 6.09 Å². The Morgan fingerprint density at radius 2 is 1.58 bits per heavy atom. The Kier molecular flexibility index (Phi) is 8.75. The van der Waals surface area contributed by atoms with Crippen LogP contribution in [0.1, 0.15) is 10.4 Å². The van der Waals surface area contributed by atoms with Crippen molar-refractivity contribution in [3.8, 4) is 5.75 Å². The first-order valence-corrected chi connectivity index (χ1v) is 10.6. The fraction of sp³-hybridized carbons (Fsp3) is 0.0833. The summed E-state index contributed by atoms with van der Waals surface area (Å²) in [6.07, 6.45) is -0.686. The zero-order chi connectivity index (χ0) is 23.5. The molecule has 3 aromatic carbocycles. The van der Waals surface area contributed by atoms with Crippen LogP contribution in [-0.4, -0.2) is 42.2 Å². The number of rotatable bonds is 10. The highest BCUT2D eigenvalue weighted by atomic mass is 32.2. The number of ether oxygens (including phenoxy) is 1. The summed E-state index contributed by atoms with van der Waals surface area (Å²) in [4.78, 5) is 42.1. The number of aliphatic hydroxyl groups excluding tert-OH is 1. The Hall–Kier alpha value is -3.95. The average Bonchev–Trinajstić information content (AvgIpc) is 2.85. The van der Waals surface area contributed by atoms with E-state index in [0.29, 0.717) is 11.4 Å². The third-order valence-electron chi connectivity index (χ3n) is 4.13. The maximum absolute atomic E-state index is 12.5. The molecular weight excluding hydrogens is 444 g/mol. The summed E-state index contributed by atoms with van der Waals surface area (Å²) in [5.41, 5.74) is 0.180. The third-order valence-corrected chi connectivity index (χ3v) is 5.14. The average molecular weight is 464 g/mol. The van der Waals surface area contributed by atoms with E-state index in [1.165, 1.54) is 11.8 Å². The summed E-state index contributed by atoms with van der Waals surface area (Å²) in [6.45, 7) is 0.182. The number of benzene rings is 3. The Labute approximate surface area is 194 Å². The highest BCUT2D eigenvalue weighted by molar-refractivity contribution is 7.99. The highest BCUT2D eigenvalue weighted by Gasteiger charge is 2.16. The van der Waals surface area contributed by atoms with Gasteiger partial charge in [-0.3, -0.25) is 19.7 Å². The number of amides is 1. The molecule has 0 aromatic heterocycles. The number of hydrogen-bond acceptors (Lipinski definition) is 8. The van der Waals surface area contributed by atoms with Crippen molar-refractivity contribution in [3.63, 3.8) is 0 Å². The first-order valence-electron chi connectivity index (χ1n) is 9.81. The number of anilines is 1. The zero-order valence-corrected chi connectivity index (χ0v) is 18.2. The molecule has 3 aromatic rings. The summed E-state index contributed by atoms with van der Waals surface area (Å²) in [7, 11) is 0. The summed E-state index contributed by atoms with van der Waals surface area (Å²) >= 11 is 1.48. The number of nitrogens with zero attached hydrogens (tertiary/aromatic N) is 1. The molecule has 168 valence electrons. The lowest BCUT2D eigenvalue weighted by Crippen LogP contribution is -2.18. The molecule has 0 saturated carbocycles. The molecule has 0 saturated heterocycles. The number of carbonyl (C=O) groups excluding carboxylic acids is 3. The van der Waals surface area contributed by atoms with Gasteiger partial charge in [-0.05, 0) is 60.7 Å². The summed E-state index contributed by atoms with van der Waals surface area (Å²) in [6, 6.07) is 22.5. The lowest BCUT2D eigenvalue weighted by molar-refractivity contribution is -0.102. The van der Waals surface area contributed by atoms with Gasteiger partial charge in [0.1, 0.15) is 12.4 Å². The van der Waals surface area contributed by atoms with Crippen molar-refractivity contribution < 1.29 is 29.1 Å². The van der Waals surface area contributed by atoms with E-state index in [0.717, 1.165) is 9.79 Å². The van der Waals surface area contributed by atoms with E-state index in [2.05, 4.69) is 15.3 Å². The van der Waals surface area contributed by atoms with Gasteiger partial charge in [0.15, 0.2) is 12.0 Å². The minimum Gasteiger partial charge on any atom is -0.491 e. The Morgan fingerprint density at radius 1 is 0.939 bits per heavy atom. The number of aldehydes is 1. The van der Waals surface area contributed by atoms with Crippen LogP contribution in [0, 0.1) is 0 Å². The normalized spacial score (nSPS) is 10.9. The van der Waals surface area contributed by atoms with E-state index in [1.54, 1.807) is 66.7 Å². The number of hydrogen-bond donors (Lipinski definition) is 2. The number of carbonyl (C=O) groups is 3. The number of para-hydroxylation sites is 1. The summed E-state index contributed by atoms with van der Waals surface area (Å²) in [5, 5.41) is 14.6. The minimum absolute atomic E-state index is 0.0505. The smallest absolute Gasteiger partial charge is 0.437 e. The molecule has 0 aliphatic carbocycles. The number of ketones is 1. The van der Waals surface area contributed by atoms with Gasteiger partial charge in [-0.15, -0.1) is 0 Å². The molecule has 2 N–H and O–H groups in total. The fourth-order valence-electron chi connectivity index (χ4n) is 2.60.